The highest BCUT2D eigenvalue weighted by Gasteiger charge is 2.11. The zero-order valence-corrected chi connectivity index (χ0v) is 10.5. The maximum Gasteiger partial charge on any atom is 0.203 e. The minimum absolute atomic E-state index is 0.137. The molecular weight excluding hydrogens is 293 g/mol. The van der Waals surface area contributed by atoms with E-state index in [9.17, 15) is 4.79 Å². The Kier molecular flexibility index (Phi) is 3.41. The third-order valence-electron chi connectivity index (χ3n) is 1.98. The number of carbonyl (C=O) groups excluding carboxylic acids is 1. The van der Waals surface area contributed by atoms with Gasteiger partial charge in [-0.05, 0) is 51.8 Å². The molecule has 0 bridgehead atoms. The van der Waals surface area contributed by atoms with Crippen molar-refractivity contribution in [3.05, 3.63) is 51.6 Å². The first-order valence-corrected chi connectivity index (χ1v) is 5.71. The number of hydrogen-bond acceptors (Lipinski definition) is 3. The van der Waals surface area contributed by atoms with Gasteiger partial charge in [-0.2, -0.15) is 0 Å². The van der Waals surface area contributed by atoms with Crippen LogP contribution in [0.15, 0.2) is 39.4 Å². The van der Waals surface area contributed by atoms with E-state index in [1.54, 1.807) is 24.4 Å². The number of ketones is 1. The summed E-state index contributed by atoms with van der Waals surface area (Å²) in [4.78, 5) is 15.8. The molecule has 5 heteroatoms. The van der Waals surface area contributed by atoms with Gasteiger partial charge >= 0.3 is 0 Å². The van der Waals surface area contributed by atoms with Crippen molar-refractivity contribution in [3.63, 3.8) is 0 Å². The Morgan fingerprint density at radius 2 is 2.19 bits per heavy atom. The van der Waals surface area contributed by atoms with E-state index in [4.69, 9.17) is 16.0 Å². The van der Waals surface area contributed by atoms with E-state index in [2.05, 4.69) is 20.9 Å². The van der Waals surface area contributed by atoms with Crippen LogP contribution in [0.2, 0.25) is 5.22 Å². The monoisotopic (exact) mass is 299 g/mol. The van der Waals surface area contributed by atoms with E-state index in [0.717, 1.165) is 4.47 Å². The summed E-state index contributed by atoms with van der Waals surface area (Å²) in [5.41, 5.74) is 0.695. The van der Waals surface area contributed by atoms with Gasteiger partial charge in [0.25, 0.3) is 0 Å². The second-order valence-corrected chi connectivity index (χ2v) is 4.46. The van der Waals surface area contributed by atoms with Crippen LogP contribution < -0.4 is 0 Å². The number of carbonyl (C=O) groups is 1. The normalized spacial score (nSPS) is 10.4. The van der Waals surface area contributed by atoms with Crippen LogP contribution in [0.1, 0.15) is 16.2 Å². The van der Waals surface area contributed by atoms with Crippen molar-refractivity contribution in [3.8, 4) is 0 Å². The molecule has 0 amide bonds. The van der Waals surface area contributed by atoms with Crippen LogP contribution in [-0.2, 0) is 6.42 Å². The van der Waals surface area contributed by atoms with Crippen LogP contribution in [-0.4, -0.2) is 10.8 Å². The topological polar surface area (TPSA) is 43.1 Å². The molecule has 0 fully saturated rings. The molecule has 2 heterocycles. The second kappa shape index (κ2) is 4.80. The second-order valence-electron chi connectivity index (χ2n) is 3.17. The zero-order chi connectivity index (χ0) is 11.5. The molecule has 0 spiro atoms. The Hall–Kier alpha value is -1.13. The van der Waals surface area contributed by atoms with Crippen molar-refractivity contribution in [2.24, 2.45) is 0 Å². The van der Waals surface area contributed by atoms with Crippen molar-refractivity contribution < 1.29 is 9.21 Å². The van der Waals surface area contributed by atoms with Gasteiger partial charge in [-0.25, -0.2) is 0 Å². The Balaban J connectivity index is 2.10. The number of rotatable bonds is 3. The molecule has 0 aromatic carbocycles. The molecule has 2 rings (SSSR count). The molecule has 16 heavy (non-hydrogen) atoms. The largest absolute Gasteiger partial charge is 0.442 e. The van der Waals surface area contributed by atoms with Crippen molar-refractivity contribution in [2.75, 3.05) is 0 Å². The molecule has 0 aliphatic heterocycles. The SMILES string of the molecule is O=C(Cc1ccc(Br)cn1)c1ccc(Cl)o1. The minimum atomic E-state index is -0.137. The van der Waals surface area contributed by atoms with Gasteiger partial charge in [-0.1, -0.05) is 0 Å². The van der Waals surface area contributed by atoms with Crippen LogP contribution >= 0.6 is 27.5 Å². The molecule has 82 valence electrons. The van der Waals surface area contributed by atoms with Crippen molar-refractivity contribution in [2.45, 2.75) is 6.42 Å². The van der Waals surface area contributed by atoms with Crippen molar-refractivity contribution >= 4 is 33.3 Å². The van der Waals surface area contributed by atoms with Gasteiger partial charge in [0.05, 0.1) is 6.42 Å². The molecule has 2 aromatic heterocycles. The fourth-order valence-corrected chi connectivity index (χ4v) is 1.61. The molecule has 0 radical (unpaired) electrons. The first-order valence-electron chi connectivity index (χ1n) is 4.54. The minimum Gasteiger partial charge on any atom is -0.442 e. The van der Waals surface area contributed by atoms with Crippen LogP contribution in [0, 0.1) is 0 Å². The maximum absolute atomic E-state index is 11.7. The summed E-state index contributed by atoms with van der Waals surface area (Å²) in [6.45, 7) is 0. The number of Topliss-reactive ketones (excluding diaryl/α,β-unsaturated/α-hetero) is 1. The van der Waals surface area contributed by atoms with Gasteiger partial charge in [0.15, 0.2) is 11.0 Å². The lowest BCUT2D eigenvalue weighted by molar-refractivity contribution is 0.0965. The Morgan fingerprint density at radius 3 is 2.75 bits per heavy atom. The highest BCUT2D eigenvalue weighted by molar-refractivity contribution is 9.10. The number of pyridine rings is 1. The Bertz CT molecular complexity index is 507. The summed E-state index contributed by atoms with van der Waals surface area (Å²) in [7, 11) is 0. The van der Waals surface area contributed by atoms with Crippen LogP contribution in [0.5, 0.6) is 0 Å². The summed E-state index contributed by atoms with van der Waals surface area (Å²) in [6, 6.07) is 6.73. The fraction of sp³-hybridized carbons (Fsp3) is 0.0909. The molecule has 2 aromatic rings. The number of nitrogens with zero attached hydrogens (tertiary/aromatic N) is 1. The third kappa shape index (κ3) is 2.71. The van der Waals surface area contributed by atoms with E-state index in [-0.39, 0.29) is 23.2 Å². The number of furan rings is 1. The van der Waals surface area contributed by atoms with Gasteiger partial charge < -0.3 is 4.42 Å². The number of hydrogen-bond donors (Lipinski definition) is 0. The summed E-state index contributed by atoms with van der Waals surface area (Å²) < 4.78 is 5.90. The van der Waals surface area contributed by atoms with Crippen LogP contribution in [0.25, 0.3) is 0 Å². The van der Waals surface area contributed by atoms with Gasteiger partial charge in [0.2, 0.25) is 5.78 Å². The van der Waals surface area contributed by atoms with Crippen molar-refractivity contribution in [1.82, 2.24) is 4.98 Å². The lowest BCUT2D eigenvalue weighted by Crippen LogP contribution is -2.03. The average molecular weight is 301 g/mol. The average Bonchev–Trinajstić information content (AvgIpc) is 2.68. The van der Waals surface area contributed by atoms with Crippen LogP contribution in [0.4, 0.5) is 0 Å². The quantitative estimate of drug-likeness (QED) is 0.815. The molecule has 3 nitrogen and oxygen atoms in total. The first-order chi connectivity index (χ1) is 7.65. The summed E-state index contributed by atoms with van der Waals surface area (Å²) in [6.07, 6.45) is 1.86. The fourth-order valence-electron chi connectivity index (χ4n) is 1.23. The van der Waals surface area contributed by atoms with Gasteiger partial charge in [-0.15, -0.1) is 0 Å². The van der Waals surface area contributed by atoms with Gasteiger partial charge in [0, 0.05) is 16.4 Å². The molecule has 0 N–H and O–H groups in total. The van der Waals surface area contributed by atoms with Crippen LogP contribution in [0.3, 0.4) is 0 Å². The predicted molar refractivity (Wildman–Crippen MR) is 63.7 cm³/mol. The maximum atomic E-state index is 11.7. The predicted octanol–water partition coefficient (Wildman–Crippen LogP) is 3.52. The molecular formula is C11H7BrClNO2. The molecule has 0 saturated carbocycles. The highest BCUT2D eigenvalue weighted by Crippen LogP contribution is 2.15. The highest BCUT2D eigenvalue weighted by atomic mass is 79.9. The van der Waals surface area contributed by atoms with E-state index < -0.39 is 0 Å². The summed E-state index contributed by atoms with van der Waals surface area (Å²) >= 11 is 8.86. The Morgan fingerprint density at radius 1 is 1.38 bits per heavy atom. The molecule has 0 aliphatic rings. The van der Waals surface area contributed by atoms with E-state index in [1.807, 2.05) is 6.07 Å². The summed E-state index contributed by atoms with van der Waals surface area (Å²) in [5, 5.41) is 0.215. The number of halogens is 2. The summed E-state index contributed by atoms with van der Waals surface area (Å²) in [5.74, 6) is 0.122. The van der Waals surface area contributed by atoms with Gasteiger partial charge in [-0.3, -0.25) is 9.78 Å². The first kappa shape index (κ1) is 11.4. The molecule has 0 unspecified atom stereocenters. The lowest BCUT2D eigenvalue weighted by atomic mass is 10.2. The molecule has 0 aliphatic carbocycles. The van der Waals surface area contributed by atoms with Gasteiger partial charge in [0.1, 0.15) is 0 Å². The zero-order valence-electron chi connectivity index (χ0n) is 8.11. The third-order valence-corrected chi connectivity index (χ3v) is 2.65. The Labute approximate surface area is 106 Å². The molecule has 0 atom stereocenters. The standard InChI is InChI=1S/C11H7BrClNO2/c12-7-1-2-8(14-6-7)5-9(15)10-3-4-11(13)16-10/h1-4,6H,5H2. The molecule has 0 saturated heterocycles. The smallest absolute Gasteiger partial charge is 0.203 e. The van der Waals surface area contributed by atoms with E-state index in [0.29, 0.717) is 5.69 Å². The van der Waals surface area contributed by atoms with Crippen molar-refractivity contribution in [1.29, 1.82) is 0 Å². The lowest BCUT2D eigenvalue weighted by Gasteiger charge is -1.97. The van der Waals surface area contributed by atoms with E-state index in [1.165, 1.54) is 0 Å². The number of aromatic nitrogens is 1. The van der Waals surface area contributed by atoms with E-state index >= 15 is 0 Å².